The van der Waals surface area contributed by atoms with Crippen LogP contribution in [0.5, 0.6) is 0 Å². The Hall–Kier alpha value is -7.74. The summed E-state index contributed by atoms with van der Waals surface area (Å²) >= 11 is 0. The summed E-state index contributed by atoms with van der Waals surface area (Å²) in [6.45, 7) is 4.80. The molecule has 0 heterocycles. The predicted molar refractivity (Wildman–Crippen MR) is 263 cm³/mol. The van der Waals surface area contributed by atoms with Crippen LogP contribution in [0.1, 0.15) is 47.2 Å². The lowest BCUT2D eigenvalue weighted by Crippen LogP contribution is -2.25. The van der Waals surface area contributed by atoms with Gasteiger partial charge in [-0.1, -0.05) is 196 Å². The van der Waals surface area contributed by atoms with Crippen molar-refractivity contribution in [1.29, 1.82) is 0 Å². The van der Waals surface area contributed by atoms with Crippen LogP contribution in [0.3, 0.4) is 0 Å². The molecule has 0 N–H and O–H groups in total. The first-order valence-electron chi connectivity index (χ1n) is 22.2. The summed E-state index contributed by atoms with van der Waals surface area (Å²) in [5.41, 5.74) is 23.8. The molecular formula is C62H43N. The van der Waals surface area contributed by atoms with Gasteiger partial charge >= 0.3 is 0 Å². The van der Waals surface area contributed by atoms with Crippen LogP contribution in [-0.4, -0.2) is 0 Å². The second-order valence-corrected chi connectivity index (χ2v) is 18.0. The third kappa shape index (κ3) is 5.05. The summed E-state index contributed by atoms with van der Waals surface area (Å²) in [5.74, 6) is 0. The van der Waals surface area contributed by atoms with Crippen LogP contribution < -0.4 is 4.90 Å². The highest BCUT2D eigenvalue weighted by Gasteiger charge is 2.51. The molecule has 10 aromatic rings. The number of rotatable bonds is 5. The van der Waals surface area contributed by atoms with Gasteiger partial charge in [-0.25, -0.2) is 0 Å². The molecule has 0 unspecified atom stereocenters. The quantitative estimate of drug-likeness (QED) is 0.168. The number of hydrogen-bond acceptors (Lipinski definition) is 1. The van der Waals surface area contributed by atoms with Crippen molar-refractivity contribution >= 4 is 27.8 Å². The molecule has 1 nitrogen and oxygen atoms in total. The van der Waals surface area contributed by atoms with E-state index in [-0.39, 0.29) is 10.8 Å². The van der Waals surface area contributed by atoms with Gasteiger partial charge in [0.2, 0.25) is 0 Å². The number of nitrogens with zero attached hydrogens (tertiary/aromatic N) is 1. The summed E-state index contributed by atoms with van der Waals surface area (Å²) in [6, 6.07) is 83.9. The molecule has 0 aliphatic heterocycles. The lowest BCUT2D eigenvalue weighted by Gasteiger charge is -2.31. The van der Waals surface area contributed by atoms with E-state index >= 15 is 0 Å². The number of benzene rings is 10. The van der Waals surface area contributed by atoms with Crippen LogP contribution >= 0.6 is 0 Å². The fourth-order valence-electron chi connectivity index (χ4n) is 11.6. The Bertz CT molecular complexity index is 3430. The second kappa shape index (κ2) is 13.4. The van der Waals surface area contributed by atoms with Crippen molar-refractivity contribution in [2.24, 2.45) is 0 Å². The van der Waals surface area contributed by atoms with Crippen LogP contribution in [0.4, 0.5) is 17.1 Å². The van der Waals surface area contributed by atoms with E-state index < -0.39 is 0 Å². The first kappa shape index (κ1) is 36.0. The van der Waals surface area contributed by atoms with E-state index in [1.807, 2.05) is 0 Å². The first-order valence-corrected chi connectivity index (χ1v) is 22.2. The van der Waals surface area contributed by atoms with Gasteiger partial charge in [0.1, 0.15) is 0 Å². The summed E-state index contributed by atoms with van der Waals surface area (Å²) in [7, 11) is 0. The maximum absolute atomic E-state index is 2.47. The van der Waals surface area contributed by atoms with E-state index in [9.17, 15) is 0 Å². The molecule has 0 aromatic heterocycles. The van der Waals surface area contributed by atoms with E-state index in [4.69, 9.17) is 0 Å². The third-order valence-corrected chi connectivity index (χ3v) is 14.5. The molecule has 0 saturated heterocycles. The molecule has 3 aliphatic rings. The van der Waals surface area contributed by atoms with E-state index in [0.717, 1.165) is 17.1 Å². The van der Waals surface area contributed by atoms with Gasteiger partial charge in [-0.15, -0.1) is 0 Å². The Kier molecular flexibility index (Phi) is 7.64. The second-order valence-electron chi connectivity index (χ2n) is 18.0. The van der Waals surface area contributed by atoms with Gasteiger partial charge in [-0.2, -0.15) is 0 Å². The van der Waals surface area contributed by atoms with Crippen molar-refractivity contribution < 1.29 is 0 Å². The number of hydrogen-bond donors (Lipinski definition) is 0. The van der Waals surface area contributed by atoms with Crippen LogP contribution in [0, 0.1) is 0 Å². The Morgan fingerprint density at radius 1 is 0.286 bits per heavy atom. The first-order chi connectivity index (χ1) is 31.0. The monoisotopic (exact) mass is 801 g/mol. The van der Waals surface area contributed by atoms with Gasteiger partial charge in [-0.05, 0) is 142 Å². The van der Waals surface area contributed by atoms with Gasteiger partial charge in [0.25, 0.3) is 0 Å². The minimum absolute atomic E-state index is 0.212. The zero-order chi connectivity index (χ0) is 41.9. The highest BCUT2D eigenvalue weighted by Crippen LogP contribution is 2.63. The van der Waals surface area contributed by atoms with E-state index in [1.165, 1.54) is 99.8 Å². The van der Waals surface area contributed by atoms with Crippen LogP contribution in [0.25, 0.3) is 66.4 Å². The van der Waals surface area contributed by atoms with E-state index in [1.54, 1.807) is 0 Å². The normalized spacial score (nSPS) is 14.1. The maximum atomic E-state index is 2.47. The Morgan fingerprint density at radius 2 is 0.746 bits per heavy atom. The highest BCUT2D eigenvalue weighted by atomic mass is 15.1. The van der Waals surface area contributed by atoms with Gasteiger partial charge in [0.15, 0.2) is 0 Å². The van der Waals surface area contributed by atoms with Gasteiger partial charge in [0.05, 0.1) is 5.41 Å². The Labute approximate surface area is 369 Å². The largest absolute Gasteiger partial charge is 0.310 e. The molecule has 1 spiro atoms. The standard InChI is InChI=1S/C62H43N/c1-61(2)59-37-43(48-23-14-18-42-17-6-7-19-47(42)48)29-34-52(59)53-35-32-46(39-60(53)61)63(44-30-27-41(28-31-44)40-15-4-3-5-16-40)45-33-36-58-54(38-45)51-22-10-13-26-57(51)62(58)55-24-11-8-20-49(55)50-21-9-12-25-56(50)62/h3-39H,1-2H3. The summed E-state index contributed by atoms with van der Waals surface area (Å²) in [6.07, 6.45) is 0. The molecule has 13 rings (SSSR count). The minimum Gasteiger partial charge on any atom is -0.310 e. The molecule has 1 heteroatoms. The van der Waals surface area contributed by atoms with Crippen LogP contribution in [0.2, 0.25) is 0 Å². The minimum atomic E-state index is -0.381. The molecule has 296 valence electrons. The lowest BCUT2D eigenvalue weighted by atomic mass is 9.70. The summed E-state index contributed by atoms with van der Waals surface area (Å²) in [5, 5.41) is 2.55. The lowest BCUT2D eigenvalue weighted by molar-refractivity contribution is 0.660. The van der Waals surface area contributed by atoms with Crippen molar-refractivity contribution in [3.05, 3.63) is 258 Å². The van der Waals surface area contributed by atoms with Gasteiger partial charge in [-0.3, -0.25) is 0 Å². The zero-order valence-electron chi connectivity index (χ0n) is 35.3. The summed E-state index contributed by atoms with van der Waals surface area (Å²) in [4.78, 5) is 2.47. The predicted octanol–water partition coefficient (Wildman–Crippen LogP) is 16.3. The molecular weight excluding hydrogens is 759 g/mol. The molecule has 0 saturated carbocycles. The fourth-order valence-corrected chi connectivity index (χ4v) is 11.6. The SMILES string of the molecule is CC1(C)c2cc(-c3cccc4ccccc34)ccc2-c2ccc(N(c3ccc(-c4ccccc4)cc3)c3ccc4c(c3)-c3ccccc3C43c4ccccc4-c4ccccc43)cc21. The molecule has 63 heavy (non-hydrogen) atoms. The topological polar surface area (TPSA) is 3.24 Å². The van der Waals surface area contributed by atoms with E-state index in [0.29, 0.717) is 0 Å². The average molecular weight is 802 g/mol. The Balaban J connectivity index is 0.980. The van der Waals surface area contributed by atoms with E-state index in [2.05, 4.69) is 243 Å². The molecule has 0 fully saturated rings. The van der Waals surface area contributed by atoms with Crippen molar-refractivity contribution in [3.63, 3.8) is 0 Å². The average Bonchev–Trinajstić information content (AvgIpc) is 3.90. The maximum Gasteiger partial charge on any atom is 0.0725 e. The number of fused-ring (bicyclic) bond motifs is 14. The molecule has 0 amide bonds. The molecule has 0 radical (unpaired) electrons. The summed E-state index contributed by atoms with van der Waals surface area (Å²) < 4.78 is 0. The van der Waals surface area contributed by atoms with Crippen molar-refractivity contribution in [3.8, 4) is 55.6 Å². The number of anilines is 3. The van der Waals surface area contributed by atoms with Crippen molar-refractivity contribution in [2.75, 3.05) is 4.90 Å². The highest BCUT2D eigenvalue weighted by molar-refractivity contribution is 5.99. The molecule has 0 atom stereocenters. The van der Waals surface area contributed by atoms with Crippen molar-refractivity contribution in [1.82, 2.24) is 0 Å². The van der Waals surface area contributed by atoms with Crippen LogP contribution in [-0.2, 0) is 10.8 Å². The van der Waals surface area contributed by atoms with Crippen molar-refractivity contribution in [2.45, 2.75) is 24.7 Å². The molecule has 3 aliphatic carbocycles. The zero-order valence-corrected chi connectivity index (χ0v) is 35.3. The van der Waals surface area contributed by atoms with Gasteiger partial charge < -0.3 is 4.90 Å². The molecule has 0 bridgehead atoms. The smallest absolute Gasteiger partial charge is 0.0725 e. The molecule has 10 aromatic carbocycles. The van der Waals surface area contributed by atoms with Crippen LogP contribution in [0.15, 0.2) is 224 Å². The van der Waals surface area contributed by atoms with Gasteiger partial charge in [0, 0.05) is 22.5 Å². The Morgan fingerprint density at radius 3 is 1.46 bits per heavy atom. The third-order valence-electron chi connectivity index (χ3n) is 14.5. The fraction of sp³-hybridized carbons (Fsp3) is 0.0645.